The van der Waals surface area contributed by atoms with Gasteiger partial charge in [-0.15, -0.1) is 0 Å². The summed E-state index contributed by atoms with van der Waals surface area (Å²) in [5.41, 5.74) is 3.99. The number of carbonyl (C=O) groups excluding carboxylic acids is 2. The van der Waals surface area contributed by atoms with E-state index in [1.807, 2.05) is 82.3 Å². The molecule has 0 aromatic heterocycles. The molecule has 0 spiro atoms. The van der Waals surface area contributed by atoms with Crippen molar-refractivity contribution < 1.29 is 18.0 Å². The fourth-order valence-electron chi connectivity index (χ4n) is 4.36. The number of benzene rings is 3. The molecule has 3 aromatic carbocycles. The smallest absolute Gasteiger partial charge is 0.244 e. The number of rotatable bonds is 12. The molecule has 0 bridgehead atoms. The summed E-state index contributed by atoms with van der Waals surface area (Å²) in [6, 6.07) is 21.4. The standard InChI is InChI=1S/C31H38BrN3O4S/c1-6-24(4)33-31(37)29(19-25-13-8-7-9-14-25)34(20-26-15-11-10-12-22(26)2)30(36)21-35(40(5,38)39)27-16-17-28(32)23(3)18-27/h7-18,24,29H,6,19-21H2,1-5H3,(H,33,37)/t24-,29+/m0/s1. The second-order valence-corrected chi connectivity index (χ2v) is 12.9. The minimum Gasteiger partial charge on any atom is -0.352 e. The Hall–Kier alpha value is -3.17. The number of anilines is 1. The maximum Gasteiger partial charge on any atom is 0.244 e. The number of carbonyl (C=O) groups is 2. The summed E-state index contributed by atoms with van der Waals surface area (Å²) in [5.74, 6) is -0.736. The van der Waals surface area contributed by atoms with Gasteiger partial charge in [-0.1, -0.05) is 77.5 Å². The van der Waals surface area contributed by atoms with E-state index in [0.717, 1.165) is 43.7 Å². The Labute approximate surface area is 246 Å². The summed E-state index contributed by atoms with van der Waals surface area (Å²) < 4.78 is 27.8. The zero-order chi connectivity index (χ0) is 29.4. The number of nitrogens with one attached hydrogen (secondary N) is 1. The Kier molecular flexibility index (Phi) is 10.9. The topological polar surface area (TPSA) is 86.8 Å². The highest BCUT2D eigenvalue weighted by molar-refractivity contribution is 9.10. The number of hydrogen-bond donors (Lipinski definition) is 1. The van der Waals surface area contributed by atoms with Crippen LogP contribution in [-0.2, 0) is 32.6 Å². The molecule has 0 heterocycles. The molecule has 0 aliphatic rings. The van der Waals surface area contributed by atoms with Gasteiger partial charge in [-0.25, -0.2) is 8.42 Å². The van der Waals surface area contributed by atoms with Crippen LogP contribution in [0.2, 0.25) is 0 Å². The molecule has 1 N–H and O–H groups in total. The number of hydrogen-bond acceptors (Lipinski definition) is 4. The van der Waals surface area contributed by atoms with E-state index in [0.29, 0.717) is 5.69 Å². The van der Waals surface area contributed by atoms with Gasteiger partial charge in [0, 0.05) is 23.5 Å². The third kappa shape index (κ3) is 8.41. The molecule has 2 atom stereocenters. The lowest BCUT2D eigenvalue weighted by atomic mass is 10.0. The molecule has 0 radical (unpaired) electrons. The van der Waals surface area contributed by atoms with Gasteiger partial charge in [0.2, 0.25) is 21.8 Å². The summed E-state index contributed by atoms with van der Waals surface area (Å²) in [6.07, 6.45) is 2.11. The lowest BCUT2D eigenvalue weighted by Crippen LogP contribution is -2.54. The number of nitrogens with zero attached hydrogens (tertiary/aromatic N) is 2. The number of sulfonamides is 1. The Bertz CT molecular complexity index is 1430. The summed E-state index contributed by atoms with van der Waals surface area (Å²) >= 11 is 3.45. The Morgan fingerprint density at radius 2 is 1.60 bits per heavy atom. The fourth-order valence-corrected chi connectivity index (χ4v) is 5.45. The van der Waals surface area contributed by atoms with Crippen LogP contribution in [0.25, 0.3) is 0 Å². The predicted molar refractivity (Wildman–Crippen MR) is 165 cm³/mol. The Morgan fingerprint density at radius 1 is 0.950 bits per heavy atom. The van der Waals surface area contributed by atoms with Crippen LogP contribution in [0.5, 0.6) is 0 Å². The van der Waals surface area contributed by atoms with Crippen molar-refractivity contribution in [3.05, 3.63) is 99.5 Å². The van der Waals surface area contributed by atoms with Crippen molar-refractivity contribution in [2.45, 2.75) is 59.2 Å². The molecule has 7 nitrogen and oxygen atoms in total. The van der Waals surface area contributed by atoms with Crippen molar-refractivity contribution in [2.24, 2.45) is 0 Å². The van der Waals surface area contributed by atoms with Gasteiger partial charge in [0.25, 0.3) is 0 Å². The maximum atomic E-state index is 14.2. The van der Waals surface area contributed by atoms with E-state index in [4.69, 9.17) is 0 Å². The quantitative estimate of drug-likeness (QED) is 0.292. The number of halogens is 1. The van der Waals surface area contributed by atoms with Crippen molar-refractivity contribution in [1.29, 1.82) is 0 Å². The average molecular weight is 629 g/mol. The first-order valence-corrected chi connectivity index (χ1v) is 16.0. The SMILES string of the molecule is CC[C@H](C)NC(=O)[C@@H](Cc1ccccc1)N(Cc1ccccc1C)C(=O)CN(c1ccc(Br)c(C)c1)S(C)(=O)=O. The molecule has 0 aliphatic carbocycles. The molecular weight excluding hydrogens is 590 g/mol. The van der Waals surface area contributed by atoms with Crippen LogP contribution in [0, 0.1) is 13.8 Å². The minimum absolute atomic E-state index is 0.0838. The van der Waals surface area contributed by atoms with E-state index in [-0.39, 0.29) is 24.9 Å². The highest BCUT2D eigenvalue weighted by Gasteiger charge is 2.33. The van der Waals surface area contributed by atoms with Gasteiger partial charge in [0.15, 0.2) is 0 Å². The van der Waals surface area contributed by atoms with Crippen LogP contribution < -0.4 is 9.62 Å². The van der Waals surface area contributed by atoms with Gasteiger partial charge in [-0.05, 0) is 67.6 Å². The van der Waals surface area contributed by atoms with E-state index >= 15 is 0 Å². The zero-order valence-corrected chi connectivity index (χ0v) is 26.1. The second kappa shape index (κ2) is 13.9. The molecule has 0 unspecified atom stereocenters. The zero-order valence-electron chi connectivity index (χ0n) is 23.7. The van der Waals surface area contributed by atoms with Crippen LogP contribution >= 0.6 is 15.9 Å². The second-order valence-electron chi connectivity index (χ2n) is 10.2. The summed E-state index contributed by atoms with van der Waals surface area (Å²) in [4.78, 5) is 29.4. The van der Waals surface area contributed by atoms with Crippen molar-refractivity contribution in [1.82, 2.24) is 10.2 Å². The average Bonchev–Trinajstić information content (AvgIpc) is 2.91. The molecule has 9 heteroatoms. The van der Waals surface area contributed by atoms with Crippen LogP contribution in [0.1, 0.15) is 42.5 Å². The van der Waals surface area contributed by atoms with Crippen LogP contribution in [-0.4, -0.2) is 50.0 Å². The van der Waals surface area contributed by atoms with E-state index in [2.05, 4.69) is 21.2 Å². The van der Waals surface area contributed by atoms with E-state index < -0.39 is 28.5 Å². The molecule has 40 heavy (non-hydrogen) atoms. The third-order valence-electron chi connectivity index (χ3n) is 6.98. The van der Waals surface area contributed by atoms with Crippen molar-refractivity contribution in [3.8, 4) is 0 Å². The van der Waals surface area contributed by atoms with Crippen molar-refractivity contribution >= 4 is 43.5 Å². The molecule has 214 valence electrons. The first kappa shape index (κ1) is 31.4. The van der Waals surface area contributed by atoms with Crippen LogP contribution in [0.4, 0.5) is 5.69 Å². The molecule has 0 saturated heterocycles. The molecule has 0 aliphatic heterocycles. The highest BCUT2D eigenvalue weighted by Crippen LogP contribution is 2.25. The number of aryl methyl sites for hydroxylation is 2. The van der Waals surface area contributed by atoms with Gasteiger partial charge >= 0.3 is 0 Å². The van der Waals surface area contributed by atoms with Crippen LogP contribution in [0.3, 0.4) is 0 Å². The third-order valence-corrected chi connectivity index (χ3v) is 9.01. The molecular formula is C31H38BrN3O4S. The van der Waals surface area contributed by atoms with E-state index in [1.165, 1.54) is 4.90 Å². The molecule has 2 amide bonds. The fraction of sp³-hybridized carbons (Fsp3) is 0.355. The molecule has 3 rings (SSSR count). The summed E-state index contributed by atoms with van der Waals surface area (Å²) in [5, 5.41) is 3.04. The predicted octanol–water partition coefficient (Wildman–Crippen LogP) is 5.39. The van der Waals surface area contributed by atoms with Gasteiger partial charge in [0.05, 0.1) is 11.9 Å². The normalized spacial score (nSPS) is 12.8. The first-order valence-electron chi connectivity index (χ1n) is 13.3. The largest absolute Gasteiger partial charge is 0.352 e. The van der Waals surface area contributed by atoms with E-state index in [9.17, 15) is 18.0 Å². The number of amides is 2. The van der Waals surface area contributed by atoms with E-state index in [1.54, 1.807) is 18.2 Å². The van der Waals surface area contributed by atoms with Crippen molar-refractivity contribution in [3.63, 3.8) is 0 Å². The van der Waals surface area contributed by atoms with Crippen molar-refractivity contribution in [2.75, 3.05) is 17.1 Å². The Morgan fingerprint density at radius 3 is 2.20 bits per heavy atom. The lowest BCUT2D eigenvalue weighted by Gasteiger charge is -2.34. The van der Waals surface area contributed by atoms with Gasteiger partial charge < -0.3 is 10.2 Å². The first-order chi connectivity index (χ1) is 18.9. The molecule has 0 saturated carbocycles. The monoisotopic (exact) mass is 627 g/mol. The maximum absolute atomic E-state index is 14.2. The molecule has 3 aromatic rings. The van der Waals surface area contributed by atoms with Gasteiger partial charge in [0.1, 0.15) is 12.6 Å². The van der Waals surface area contributed by atoms with Gasteiger partial charge in [-0.2, -0.15) is 0 Å². The summed E-state index contributed by atoms with van der Waals surface area (Å²) in [7, 11) is -3.81. The van der Waals surface area contributed by atoms with Crippen LogP contribution in [0.15, 0.2) is 77.3 Å². The lowest BCUT2D eigenvalue weighted by molar-refractivity contribution is -0.140. The molecule has 0 fully saturated rings. The minimum atomic E-state index is -3.81. The summed E-state index contributed by atoms with van der Waals surface area (Å²) in [6.45, 7) is 7.44. The highest BCUT2D eigenvalue weighted by atomic mass is 79.9. The Balaban J connectivity index is 2.08. The van der Waals surface area contributed by atoms with Gasteiger partial charge in [-0.3, -0.25) is 13.9 Å².